The molecule has 0 atom stereocenters. The molecule has 0 heterocycles. The van der Waals surface area contributed by atoms with Crippen LogP contribution in [-0.4, -0.2) is 32.9 Å². The predicted molar refractivity (Wildman–Crippen MR) is 21.7 cm³/mol. The number of hydrogen-bond acceptors (Lipinski definition) is 0. The van der Waals surface area contributed by atoms with Gasteiger partial charge in [-0.2, -0.15) is 0 Å². The maximum absolute atomic E-state index is 0. The summed E-state index contributed by atoms with van der Waals surface area (Å²) in [5, 5.41) is 0. The van der Waals surface area contributed by atoms with Crippen LogP contribution in [0.25, 0.3) is 0 Å². The average molecular weight is 382 g/mol. The fourth-order valence-electron chi connectivity index (χ4n) is 0. The van der Waals surface area contributed by atoms with Gasteiger partial charge in [0.2, 0.25) is 0 Å². The second-order valence-corrected chi connectivity index (χ2v) is 0. The second kappa shape index (κ2) is 141. The molecule has 9 heavy (non-hydrogen) atoms. The van der Waals surface area contributed by atoms with Crippen LogP contribution in [0.3, 0.4) is 0 Å². The molecule has 0 amide bonds. The molecule has 0 aromatic heterocycles. The van der Waals surface area contributed by atoms with Crippen LogP contribution in [0, 0.1) is 0 Å². The average Bonchev–Trinajstić information content (AvgIpc) is 0. The van der Waals surface area contributed by atoms with E-state index in [0.717, 1.165) is 0 Å². The van der Waals surface area contributed by atoms with Crippen molar-refractivity contribution in [1.29, 1.82) is 0 Å². The first-order valence-electron chi connectivity index (χ1n) is 0. The molecule has 0 aromatic rings. The molecule has 0 aromatic carbocycles. The van der Waals surface area contributed by atoms with Crippen LogP contribution >= 0.6 is 0 Å². The quantitative estimate of drug-likeness (QED) is 0.363. The van der Waals surface area contributed by atoms with Crippen molar-refractivity contribution >= 4 is 0 Å². The Bertz CT molecular complexity index is 11.0. The Labute approximate surface area is 117 Å². The van der Waals surface area contributed by atoms with Gasteiger partial charge in [-0.05, 0) is 0 Å². The van der Waals surface area contributed by atoms with E-state index < -0.39 is 0 Å². The predicted octanol–water partition coefficient (Wildman–Crippen LogP) is -4.96. The van der Waals surface area contributed by atoms with E-state index >= 15 is 0 Å². The molecule has 0 fully saturated rings. The Morgan fingerprint density at radius 3 is 0.333 bits per heavy atom. The Morgan fingerprint density at radius 2 is 0.333 bits per heavy atom. The van der Waals surface area contributed by atoms with E-state index in [1.807, 2.05) is 0 Å². The summed E-state index contributed by atoms with van der Waals surface area (Å²) in [6.07, 6.45) is 0. The van der Waals surface area contributed by atoms with Crippen LogP contribution in [0.5, 0.6) is 0 Å². The Kier molecular flexibility index (Phi) is 2940. The smallest absolute Gasteiger partial charge is 0 e. The van der Waals surface area contributed by atoms with Crippen molar-refractivity contribution in [3.63, 3.8) is 0 Å². The fraction of sp³-hybridized carbons (Fsp3) is 0. The van der Waals surface area contributed by atoms with Gasteiger partial charge in [-0.25, -0.2) is 0 Å². The van der Waals surface area contributed by atoms with Crippen molar-refractivity contribution in [3.05, 3.63) is 0 Å². The van der Waals surface area contributed by atoms with Gasteiger partial charge in [-0.1, -0.05) is 0 Å². The van der Waals surface area contributed by atoms with E-state index in [-0.39, 0.29) is 119 Å². The summed E-state index contributed by atoms with van der Waals surface area (Å²) in [5.74, 6) is 0. The van der Waals surface area contributed by atoms with Crippen LogP contribution in [0.2, 0.25) is 0 Å². The first-order chi connectivity index (χ1) is 0. The molecule has 0 spiro atoms. The van der Waals surface area contributed by atoms with E-state index in [2.05, 4.69) is 0 Å². The standard InChI is InChI=1S/Mo.6H2O.2Y/h;6*1H2;;. The van der Waals surface area contributed by atoms with E-state index in [0.29, 0.717) is 0 Å². The zero-order chi connectivity index (χ0) is 0. The van der Waals surface area contributed by atoms with Gasteiger partial charge in [-0.15, -0.1) is 0 Å². The normalized spacial score (nSPS) is 0. The third-order valence-electron chi connectivity index (χ3n) is 0. The number of hydrogen-bond donors (Lipinski definition) is 0. The van der Waals surface area contributed by atoms with Crippen molar-refractivity contribution in [1.82, 2.24) is 0 Å². The largest absolute Gasteiger partial charge is 0.412 e. The van der Waals surface area contributed by atoms with Gasteiger partial charge in [0.25, 0.3) is 0 Å². The van der Waals surface area contributed by atoms with Gasteiger partial charge in [0.15, 0.2) is 0 Å². The molecule has 2 radical (unpaired) electrons. The molecule has 9 heteroatoms. The summed E-state index contributed by atoms with van der Waals surface area (Å²) in [7, 11) is 0. The van der Waals surface area contributed by atoms with Crippen LogP contribution in [0.1, 0.15) is 0 Å². The first-order valence-corrected chi connectivity index (χ1v) is 0. The maximum Gasteiger partial charge on any atom is 0 e. The van der Waals surface area contributed by atoms with Crippen molar-refractivity contribution < 1.29 is 119 Å². The second-order valence-electron chi connectivity index (χ2n) is 0. The van der Waals surface area contributed by atoms with Gasteiger partial charge in [0.05, 0.1) is 0 Å². The molecule has 0 aliphatic heterocycles. The molecule has 60 valence electrons. The summed E-state index contributed by atoms with van der Waals surface area (Å²) in [5.41, 5.74) is 0. The summed E-state index contributed by atoms with van der Waals surface area (Å²) < 4.78 is 0. The van der Waals surface area contributed by atoms with E-state index in [4.69, 9.17) is 0 Å². The molecule has 6 nitrogen and oxygen atoms in total. The zero-order valence-electron chi connectivity index (χ0n) is 4.56. The van der Waals surface area contributed by atoms with Gasteiger partial charge in [0, 0.05) is 86.5 Å². The summed E-state index contributed by atoms with van der Waals surface area (Å²) in [6.45, 7) is 0. The third kappa shape index (κ3) is 113. The van der Waals surface area contributed by atoms with Gasteiger partial charge in [0.1, 0.15) is 0 Å². The minimum absolute atomic E-state index is 0. The minimum Gasteiger partial charge on any atom is -0.412 e. The van der Waals surface area contributed by atoms with Crippen LogP contribution in [0.15, 0.2) is 0 Å². The van der Waals surface area contributed by atoms with Crippen LogP contribution in [-0.2, 0) is 86.5 Å². The fourth-order valence-corrected chi connectivity index (χ4v) is 0. The van der Waals surface area contributed by atoms with Gasteiger partial charge in [-0.3, -0.25) is 0 Å². The first kappa shape index (κ1) is 188. The Morgan fingerprint density at radius 1 is 0.333 bits per heavy atom. The molecule has 0 bridgehead atoms. The molecule has 0 unspecified atom stereocenters. The van der Waals surface area contributed by atoms with Crippen molar-refractivity contribution in [3.8, 4) is 0 Å². The Hall–Kier alpha value is 2.66. The summed E-state index contributed by atoms with van der Waals surface area (Å²) >= 11 is 0. The molecule has 0 saturated carbocycles. The van der Waals surface area contributed by atoms with Crippen LogP contribution in [0.4, 0.5) is 0 Å². The third-order valence-corrected chi connectivity index (χ3v) is 0. The molecular formula is H12MoO6Y2. The minimum atomic E-state index is 0. The van der Waals surface area contributed by atoms with Gasteiger partial charge >= 0.3 is 0 Å². The van der Waals surface area contributed by atoms with Gasteiger partial charge < -0.3 is 32.9 Å². The molecule has 0 rings (SSSR count). The summed E-state index contributed by atoms with van der Waals surface area (Å²) in [6, 6.07) is 0. The van der Waals surface area contributed by atoms with Crippen molar-refractivity contribution in [2.24, 2.45) is 0 Å². The number of rotatable bonds is 0. The monoisotopic (exact) mass is 384 g/mol. The molecular weight excluding hydrogens is 370 g/mol. The topological polar surface area (TPSA) is 189 Å². The zero-order valence-corrected chi connectivity index (χ0v) is 12.2. The maximum atomic E-state index is 0. The molecule has 0 aliphatic rings. The Balaban J connectivity index is 0. The SMILES string of the molecule is O.O.O.O.O.O.[Mo].[Y].[Y]. The van der Waals surface area contributed by atoms with E-state index in [1.165, 1.54) is 0 Å². The van der Waals surface area contributed by atoms with Crippen molar-refractivity contribution in [2.75, 3.05) is 0 Å². The molecule has 0 saturated heterocycles. The summed E-state index contributed by atoms with van der Waals surface area (Å²) in [4.78, 5) is 0. The van der Waals surface area contributed by atoms with Crippen LogP contribution < -0.4 is 0 Å². The van der Waals surface area contributed by atoms with E-state index in [1.54, 1.807) is 0 Å². The molecule has 0 aliphatic carbocycles. The molecule has 12 N–H and O–H groups in total. The van der Waals surface area contributed by atoms with E-state index in [9.17, 15) is 0 Å². The van der Waals surface area contributed by atoms with Crippen molar-refractivity contribution in [2.45, 2.75) is 0 Å².